The number of carbonyl (C=O) groups is 3. The van der Waals surface area contributed by atoms with E-state index in [-0.39, 0.29) is 32.5 Å². The van der Waals surface area contributed by atoms with E-state index in [1.165, 1.54) is 19.4 Å². The number of hydrogen-bond donors (Lipinski definition) is 1. The Kier molecular flexibility index (Phi) is 14.9. The van der Waals surface area contributed by atoms with Gasteiger partial charge in [-0.05, 0) is 64.0 Å². The second-order valence-corrected chi connectivity index (χ2v) is 9.15. The van der Waals surface area contributed by atoms with Crippen molar-refractivity contribution < 1.29 is 43.2 Å². The van der Waals surface area contributed by atoms with Crippen LogP contribution in [0, 0.1) is 0 Å². The van der Waals surface area contributed by atoms with E-state index in [0.29, 0.717) is 19.4 Å². The third-order valence-corrected chi connectivity index (χ3v) is 6.18. The number of aliphatic hydroxyl groups is 1. The molecule has 2 unspecified atom stereocenters. The van der Waals surface area contributed by atoms with Gasteiger partial charge in [0.1, 0.15) is 0 Å². The lowest BCUT2D eigenvalue weighted by atomic mass is 9.96. The first kappa shape index (κ1) is 32.9. The minimum Gasteiger partial charge on any atom is -0.464 e. The molecule has 0 heterocycles. The topological polar surface area (TPSA) is 118 Å². The molecular weight excluding hydrogens is 516 g/mol. The molecule has 0 radical (unpaired) electrons. The van der Waals surface area contributed by atoms with Crippen molar-refractivity contribution in [3.8, 4) is 0 Å². The van der Waals surface area contributed by atoms with E-state index < -0.39 is 29.6 Å². The SMILES string of the molecule is CCOC(=O)C(OCCCCC(CCc1ccccc1)OCc1ccccc1)C(O)(C(=O)OCC)C(=O)OCC. The van der Waals surface area contributed by atoms with Gasteiger partial charge in [-0.2, -0.15) is 0 Å². The molecule has 2 atom stereocenters. The van der Waals surface area contributed by atoms with Gasteiger partial charge in [-0.25, -0.2) is 14.4 Å². The average molecular weight is 559 g/mol. The van der Waals surface area contributed by atoms with E-state index in [1.807, 2.05) is 48.5 Å². The van der Waals surface area contributed by atoms with Crippen LogP contribution in [0.1, 0.15) is 57.6 Å². The highest BCUT2D eigenvalue weighted by molar-refractivity contribution is 6.08. The first-order valence-corrected chi connectivity index (χ1v) is 13.9. The molecule has 2 aromatic carbocycles. The molecule has 9 nitrogen and oxygen atoms in total. The average Bonchev–Trinajstić information content (AvgIpc) is 2.96. The van der Waals surface area contributed by atoms with Gasteiger partial charge in [0, 0.05) is 6.61 Å². The van der Waals surface area contributed by atoms with Gasteiger partial charge in [-0.3, -0.25) is 0 Å². The summed E-state index contributed by atoms with van der Waals surface area (Å²) in [5.74, 6) is -3.72. The molecule has 220 valence electrons. The van der Waals surface area contributed by atoms with Gasteiger partial charge in [0.25, 0.3) is 5.60 Å². The number of carbonyl (C=O) groups excluding carboxylic acids is 3. The number of rotatable bonds is 19. The Balaban J connectivity index is 2.02. The maximum absolute atomic E-state index is 12.7. The second-order valence-electron chi connectivity index (χ2n) is 9.15. The second kappa shape index (κ2) is 18.1. The Morgan fingerprint density at radius 2 is 1.27 bits per heavy atom. The Labute approximate surface area is 236 Å². The first-order chi connectivity index (χ1) is 19.4. The number of aryl methyl sites for hydroxylation is 1. The number of esters is 3. The van der Waals surface area contributed by atoms with Crippen molar-refractivity contribution in [3.63, 3.8) is 0 Å². The van der Waals surface area contributed by atoms with E-state index >= 15 is 0 Å². The molecule has 0 amide bonds. The van der Waals surface area contributed by atoms with Crippen LogP contribution in [0.4, 0.5) is 0 Å². The van der Waals surface area contributed by atoms with Crippen molar-refractivity contribution in [2.75, 3.05) is 26.4 Å². The smallest absolute Gasteiger partial charge is 0.353 e. The van der Waals surface area contributed by atoms with Gasteiger partial charge in [0.15, 0.2) is 0 Å². The highest BCUT2D eigenvalue weighted by atomic mass is 16.6. The van der Waals surface area contributed by atoms with Crippen molar-refractivity contribution in [1.29, 1.82) is 0 Å². The zero-order valence-corrected chi connectivity index (χ0v) is 23.7. The Morgan fingerprint density at radius 1 is 0.725 bits per heavy atom. The standard InChI is InChI=1S/C31H42O9/c1-4-36-28(32)27(31(35,29(33)37-5-2)30(34)38-6-3)39-22-14-13-19-26(21-20-24-15-9-7-10-16-24)40-23-25-17-11-8-12-18-25/h7-12,15-18,26-27,35H,4-6,13-14,19-23H2,1-3H3. The quantitative estimate of drug-likeness (QED) is 0.117. The van der Waals surface area contributed by atoms with Gasteiger partial charge in [0.2, 0.25) is 6.10 Å². The maximum Gasteiger partial charge on any atom is 0.353 e. The third kappa shape index (κ3) is 10.4. The summed E-state index contributed by atoms with van der Waals surface area (Å²) in [5, 5.41) is 11.1. The predicted octanol–water partition coefficient (Wildman–Crippen LogP) is 4.18. The monoisotopic (exact) mass is 558 g/mol. The number of unbranched alkanes of at least 4 members (excludes halogenated alkanes) is 1. The molecular formula is C31H42O9. The van der Waals surface area contributed by atoms with Crippen LogP contribution in [0.15, 0.2) is 60.7 Å². The fourth-order valence-electron chi connectivity index (χ4n) is 4.10. The summed E-state index contributed by atoms with van der Waals surface area (Å²) in [6.45, 7) is 4.78. The zero-order chi connectivity index (χ0) is 29.2. The van der Waals surface area contributed by atoms with E-state index in [1.54, 1.807) is 6.92 Å². The molecule has 40 heavy (non-hydrogen) atoms. The van der Waals surface area contributed by atoms with E-state index in [9.17, 15) is 19.5 Å². The fraction of sp³-hybridized carbons (Fsp3) is 0.516. The van der Waals surface area contributed by atoms with Crippen LogP contribution in [0.5, 0.6) is 0 Å². The molecule has 0 aromatic heterocycles. The van der Waals surface area contributed by atoms with Crippen LogP contribution in [-0.2, 0) is 51.1 Å². The van der Waals surface area contributed by atoms with Crippen molar-refractivity contribution in [2.24, 2.45) is 0 Å². The Bertz CT molecular complexity index is 948. The van der Waals surface area contributed by atoms with Crippen molar-refractivity contribution >= 4 is 17.9 Å². The van der Waals surface area contributed by atoms with Crippen LogP contribution in [0.3, 0.4) is 0 Å². The molecule has 0 saturated heterocycles. The molecule has 1 N–H and O–H groups in total. The number of ether oxygens (including phenoxy) is 5. The number of hydrogen-bond acceptors (Lipinski definition) is 9. The normalized spacial score (nSPS) is 12.8. The highest BCUT2D eigenvalue weighted by Crippen LogP contribution is 2.22. The van der Waals surface area contributed by atoms with Gasteiger partial charge >= 0.3 is 17.9 Å². The van der Waals surface area contributed by atoms with Crippen LogP contribution in [0.2, 0.25) is 0 Å². The summed E-state index contributed by atoms with van der Waals surface area (Å²) in [6, 6.07) is 20.1. The first-order valence-electron chi connectivity index (χ1n) is 13.9. The minimum absolute atomic E-state index is 0.0164. The molecule has 0 fully saturated rings. The molecule has 0 saturated carbocycles. The molecule has 9 heteroatoms. The molecule has 0 aliphatic carbocycles. The molecule has 0 aliphatic rings. The van der Waals surface area contributed by atoms with E-state index in [0.717, 1.165) is 24.8 Å². The number of benzene rings is 2. The summed E-state index contributed by atoms with van der Waals surface area (Å²) >= 11 is 0. The highest BCUT2D eigenvalue weighted by Gasteiger charge is 2.58. The Morgan fingerprint density at radius 3 is 1.82 bits per heavy atom. The lowest BCUT2D eigenvalue weighted by Crippen LogP contribution is -2.61. The van der Waals surface area contributed by atoms with Gasteiger partial charge < -0.3 is 28.8 Å². The molecule has 2 rings (SSSR count). The van der Waals surface area contributed by atoms with Crippen LogP contribution >= 0.6 is 0 Å². The van der Waals surface area contributed by atoms with Gasteiger partial charge in [-0.1, -0.05) is 60.7 Å². The summed E-state index contributed by atoms with van der Waals surface area (Å²) < 4.78 is 26.6. The van der Waals surface area contributed by atoms with Crippen LogP contribution < -0.4 is 0 Å². The summed E-state index contributed by atoms with van der Waals surface area (Å²) in [7, 11) is 0. The van der Waals surface area contributed by atoms with Crippen molar-refractivity contribution in [3.05, 3.63) is 71.8 Å². The molecule has 0 spiro atoms. The van der Waals surface area contributed by atoms with E-state index in [2.05, 4.69) is 12.1 Å². The molecule has 2 aromatic rings. The lowest BCUT2D eigenvalue weighted by Gasteiger charge is -2.30. The lowest BCUT2D eigenvalue weighted by molar-refractivity contribution is -0.208. The van der Waals surface area contributed by atoms with Gasteiger partial charge in [-0.15, -0.1) is 0 Å². The van der Waals surface area contributed by atoms with Crippen molar-refractivity contribution in [1.82, 2.24) is 0 Å². The molecule has 0 aliphatic heterocycles. The van der Waals surface area contributed by atoms with Gasteiger partial charge in [0.05, 0.1) is 32.5 Å². The third-order valence-electron chi connectivity index (χ3n) is 6.18. The summed E-state index contributed by atoms with van der Waals surface area (Å²) in [6.07, 6.45) is 1.64. The van der Waals surface area contributed by atoms with E-state index in [4.69, 9.17) is 23.7 Å². The Hall–Kier alpha value is -3.27. The zero-order valence-electron chi connectivity index (χ0n) is 23.7. The minimum atomic E-state index is -2.99. The summed E-state index contributed by atoms with van der Waals surface area (Å²) in [4.78, 5) is 37.9. The fourth-order valence-corrected chi connectivity index (χ4v) is 4.10. The maximum atomic E-state index is 12.7. The predicted molar refractivity (Wildman–Crippen MR) is 148 cm³/mol. The van der Waals surface area contributed by atoms with Crippen LogP contribution in [-0.4, -0.2) is 67.3 Å². The summed E-state index contributed by atoms with van der Waals surface area (Å²) in [5.41, 5.74) is -0.673. The van der Waals surface area contributed by atoms with Crippen LogP contribution in [0.25, 0.3) is 0 Å². The van der Waals surface area contributed by atoms with Crippen molar-refractivity contribution in [2.45, 2.75) is 77.3 Å². The molecule has 0 bridgehead atoms. The largest absolute Gasteiger partial charge is 0.464 e.